The molecule has 0 radical (unpaired) electrons. The molecule has 0 atom stereocenters. The second kappa shape index (κ2) is 8.48. The van der Waals surface area contributed by atoms with Crippen LogP contribution in [0.4, 0.5) is 10.1 Å². The van der Waals surface area contributed by atoms with E-state index in [0.717, 1.165) is 16.8 Å². The van der Waals surface area contributed by atoms with Crippen molar-refractivity contribution in [2.24, 2.45) is 0 Å². The van der Waals surface area contributed by atoms with Crippen LogP contribution in [0.3, 0.4) is 0 Å². The fourth-order valence-electron chi connectivity index (χ4n) is 2.56. The third-order valence-electron chi connectivity index (χ3n) is 4.10. The van der Waals surface area contributed by atoms with Gasteiger partial charge < -0.3 is 9.80 Å². The van der Waals surface area contributed by atoms with Gasteiger partial charge in [-0.25, -0.2) is 4.39 Å². The second-order valence-corrected chi connectivity index (χ2v) is 6.10. The summed E-state index contributed by atoms with van der Waals surface area (Å²) in [5, 5.41) is 0. The quantitative estimate of drug-likeness (QED) is 0.770. The van der Waals surface area contributed by atoms with Gasteiger partial charge in [-0.2, -0.15) is 0 Å². The van der Waals surface area contributed by atoms with Gasteiger partial charge in [-0.1, -0.05) is 24.3 Å². The van der Waals surface area contributed by atoms with Crippen LogP contribution in [0, 0.1) is 5.82 Å². The molecule has 2 aromatic rings. The van der Waals surface area contributed by atoms with Crippen molar-refractivity contribution in [2.75, 3.05) is 25.5 Å². The third-order valence-corrected chi connectivity index (χ3v) is 4.10. The first-order chi connectivity index (χ1) is 11.5. The number of amides is 1. The minimum absolute atomic E-state index is 0.124. The zero-order valence-electron chi connectivity index (χ0n) is 14.6. The van der Waals surface area contributed by atoms with Crippen LogP contribution in [0.2, 0.25) is 0 Å². The first-order valence-electron chi connectivity index (χ1n) is 8.28. The molecular weight excluding hydrogens is 303 g/mol. The van der Waals surface area contributed by atoms with E-state index in [4.69, 9.17) is 0 Å². The van der Waals surface area contributed by atoms with Gasteiger partial charge in [-0.05, 0) is 48.7 Å². The minimum Gasteiger partial charge on any atom is -0.378 e. The molecule has 0 spiro atoms. The highest BCUT2D eigenvalue weighted by Gasteiger charge is 2.12. The summed E-state index contributed by atoms with van der Waals surface area (Å²) in [4.78, 5) is 16.3. The van der Waals surface area contributed by atoms with Crippen LogP contribution in [0.25, 0.3) is 0 Å². The van der Waals surface area contributed by atoms with Crippen molar-refractivity contribution < 1.29 is 9.18 Å². The number of aryl methyl sites for hydroxylation is 1. The Balaban J connectivity index is 1.92. The molecule has 0 heterocycles. The average Bonchev–Trinajstić information content (AvgIpc) is 2.59. The summed E-state index contributed by atoms with van der Waals surface area (Å²) in [5.41, 5.74) is 3.25. The Morgan fingerprint density at radius 1 is 0.958 bits per heavy atom. The number of carbonyl (C=O) groups excluding carboxylic acids is 1. The predicted molar refractivity (Wildman–Crippen MR) is 96.6 cm³/mol. The van der Waals surface area contributed by atoms with Crippen molar-refractivity contribution in [3.8, 4) is 0 Å². The minimum atomic E-state index is -0.249. The van der Waals surface area contributed by atoms with Crippen LogP contribution < -0.4 is 4.90 Å². The molecule has 4 heteroatoms. The summed E-state index contributed by atoms with van der Waals surface area (Å²) in [5.74, 6) is -0.125. The maximum atomic E-state index is 12.9. The molecule has 3 nitrogen and oxygen atoms in total. The number of benzene rings is 2. The highest BCUT2D eigenvalue weighted by molar-refractivity contribution is 5.76. The van der Waals surface area contributed by atoms with Gasteiger partial charge in [0.1, 0.15) is 5.82 Å². The lowest BCUT2D eigenvalue weighted by atomic mass is 10.1. The normalized spacial score (nSPS) is 10.5. The van der Waals surface area contributed by atoms with E-state index in [0.29, 0.717) is 25.9 Å². The van der Waals surface area contributed by atoms with Crippen LogP contribution in [0.5, 0.6) is 0 Å². The summed E-state index contributed by atoms with van der Waals surface area (Å²) in [6.07, 6.45) is 1.07. The average molecular weight is 328 g/mol. The molecule has 0 aliphatic heterocycles. The molecular formula is C20H25FN2O. The zero-order chi connectivity index (χ0) is 17.5. The summed E-state index contributed by atoms with van der Waals surface area (Å²) < 4.78 is 12.9. The molecule has 0 saturated heterocycles. The first kappa shape index (κ1) is 18.0. The predicted octanol–water partition coefficient (Wildman–Crippen LogP) is 3.87. The lowest BCUT2D eigenvalue weighted by Gasteiger charge is -2.21. The Hall–Kier alpha value is -2.36. The number of nitrogens with zero attached hydrogens (tertiary/aromatic N) is 2. The van der Waals surface area contributed by atoms with Crippen molar-refractivity contribution in [3.05, 3.63) is 65.5 Å². The van der Waals surface area contributed by atoms with Gasteiger partial charge in [0.15, 0.2) is 0 Å². The monoisotopic (exact) mass is 328 g/mol. The van der Waals surface area contributed by atoms with Crippen molar-refractivity contribution in [3.63, 3.8) is 0 Å². The Bertz CT molecular complexity index is 650. The summed E-state index contributed by atoms with van der Waals surface area (Å²) >= 11 is 0. The summed E-state index contributed by atoms with van der Waals surface area (Å²) in [7, 11) is 4.01. The van der Waals surface area contributed by atoms with Crippen molar-refractivity contribution in [1.29, 1.82) is 0 Å². The van der Waals surface area contributed by atoms with E-state index in [1.807, 2.05) is 25.9 Å². The molecule has 1 amide bonds. The van der Waals surface area contributed by atoms with Gasteiger partial charge in [0.2, 0.25) is 5.91 Å². The number of rotatable bonds is 7. The van der Waals surface area contributed by atoms with Gasteiger partial charge in [0.25, 0.3) is 0 Å². The largest absolute Gasteiger partial charge is 0.378 e. The molecule has 24 heavy (non-hydrogen) atoms. The molecule has 0 fully saturated rings. The van der Waals surface area contributed by atoms with Gasteiger partial charge in [0, 0.05) is 39.3 Å². The fourth-order valence-corrected chi connectivity index (χ4v) is 2.56. The number of anilines is 1. The number of hydrogen-bond donors (Lipinski definition) is 0. The maximum absolute atomic E-state index is 12.9. The molecule has 0 aliphatic rings. The molecule has 128 valence electrons. The van der Waals surface area contributed by atoms with Crippen LogP contribution in [-0.4, -0.2) is 31.4 Å². The molecule has 0 aromatic heterocycles. The molecule has 0 unspecified atom stereocenters. The lowest BCUT2D eigenvalue weighted by Crippen LogP contribution is -2.30. The Kier molecular flexibility index (Phi) is 6.36. The Labute approximate surface area is 143 Å². The second-order valence-electron chi connectivity index (χ2n) is 6.10. The van der Waals surface area contributed by atoms with Crippen molar-refractivity contribution >= 4 is 11.6 Å². The van der Waals surface area contributed by atoms with Gasteiger partial charge in [-0.15, -0.1) is 0 Å². The van der Waals surface area contributed by atoms with E-state index in [-0.39, 0.29) is 11.7 Å². The SMILES string of the molecule is CCN(Cc1ccc(N(C)C)cc1)C(=O)CCc1ccc(F)cc1. The molecule has 2 aromatic carbocycles. The first-order valence-corrected chi connectivity index (χ1v) is 8.28. The molecule has 0 saturated carbocycles. The molecule has 0 aliphatic carbocycles. The van der Waals surface area contributed by atoms with Crippen LogP contribution in [0.1, 0.15) is 24.5 Å². The van der Waals surface area contributed by atoms with E-state index in [9.17, 15) is 9.18 Å². The molecule has 0 bridgehead atoms. The topological polar surface area (TPSA) is 23.6 Å². The van der Waals surface area contributed by atoms with Gasteiger partial charge in [0.05, 0.1) is 0 Å². The van der Waals surface area contributed by atoms with Gasteiger partial charge in [-0.3, -0.25) is 4.79 Å². The fraction of sp³-hybridized carbons (Fsp3) is 0.350. The van der Waals surface area contributed by atoms with E-state index < -0.39 is 0 Å². The smallest absolute Gasteiger partial charge is 0.223 e. The number of halogens is 1. The van der Waals surface area contributed by atoms with E-state index >= 15 is 0 Å². The van der Waals surface area contributed by atoms with E-state index in [1.165, 1.54) is 12.1 Å². The third kappa shape index (κ3) is 5.08. The number of hydrogen-bond acceptors (Lipinski definition) is 2. The molecule has 0 N–H and O–H groups in total. The van der Waals surface area contributed by atoms with Crippen LogP contribution in [-0.2, 0) is 17.8 Å². The van der Waals surface area contributed by atoms with Crippen LogP contribution >= 0.6 is 0 Å². The maximum Gasteiger partial charge on any atom is 0.223 e. The van der Waals surface area contributed by atoms with E-state index in [1.54, 1.807) is 12.1 Å². The number of carbonyl (C=O) groups is 1. The Morgan fingerprint density at radius 3 is 2.08 bits per heavy atom. The van der Waals surface area contributed by atoms with E-state index in [2.05, 4.69) is 29.2 Å². The lowest BCUT2D eigenvalue weighted by molar-refractivity contribution is -0.131. The highest BCUT2D eigenvalue weighted by atomic mass is 19.1. The van der Waals surface area contributed by atoms with Crippen molar-refractivity contribution in [1.82, 2.24) is 4.90 Å². The van der Waals surface area contributed by atoms with Crippen LogP contribution in [0.15, 0.2) is 48.5 Å². The Morgan fingerprint density at radius 2 is 1.54 bits per heavy atom. The molecule has 2 rings (SSSR count). The zero-order valence-corrected chi connectivity index (χ0v) is 14.6. The summed E-state index contributed by atoms with van der Waals surface area (Å²) in [6.45, 7) is 3.29. The highest BCUT2D eigenvalue weighted by Crippen LogP contribution is 2.15. The van der Waals surface area contributed by atoms with Gasteiger partial charge >= 0.3 is 0 Å². The standard InChI is InChI=1S/C20H25FN2O/c1-4-23(15-17-7-12-19(13-8-17)22(2)3)20(24)14-9-16-5-10-18(21)11-6-16/h5-8,10-13H,4,9,14-15H2,1-3H3. The van der Waals surface area contributed by atoms with Crippen molar-refractivity contribution in [2.45, 2.75) is 26.3 Å². The summed E-state index contributed by atoms with van der Waals surface area (Å²) in [6, 6.07) is 14.6.